The Morgan fingerprint density at radius 1 is 1.00 bits per heavy atom. The standard InChI is InChI=1S/C21H23ClN2O3/c1-27-19-9-5-3-6-14(19)10-11-23-20(25)16-12-17(16)21(26)24-13-15-7-2-4-8-18(15)22/h2-9,16-17H,10-13H2,1H3,(H,23,25)(H,24,26). The molecule has 2 aromatic carbocycles. The molecule has 0 bridgehead atoms. The Balaban J connectivity index is 1.41. The van der Waals surface area contributed by atoms with E-state index < -0.39 is 0 Å². The first-order chi connectivity index (χ1) is 13.1. The molecule has 2 aromatic rings. The van der Waals surface area contributed by atoms with E-state index in [0.29, 0.717) is 31.0 Å². The molecule has 1 aliphatic carbocycles. The van der Waals surface area contributed by atoms with Gasteiger partial charge in [-0.3, -0.25) is 9.59 Å². The van der Waals surface area contributed by atoms with Crippen LogP contribution < -0.4 is 15.4 Å². The zero-order valence-electron chi connectivity index (χ0n) is 15.2. The quantitative estimate of drug-likeness (QED) is 0.733. The highest BCUT2D eigenvalue weighted by Gasteiger charge is 2.47. The summed E-state index contributed by atoms with van der Waals surface area (Å²) >= 11 is 6.09. The number of para-hydroxylation sites is 1. The molecular weight excluding hydrogens is 364 g/mol. The number of rotatable bonds is 8. The van der Waals surface area contributed by atoms with Crippen LogP contribution in [-0.4, -0.2) is 25.5 Å². The summed E-state index contributed by atoms with van der Waals surface area (Å²) in [5, 5.41) is 6.40. The van der Waals surface area contributed by atoms with Crippen LogP contribution >= 0.6 is 11.6 Å². The molecular formula is C21H23ClN2O3. The minimum absolute atomic E-state index is 0.0669. The van der Waals surface area contributed by atoms with Crippen molar-refractivity contribution >= 4 is 23.4 Å². The molecule has 3 rings (SSSR count). The maximum Gasteiger partial charge on any atom is 0.224 e. The van der Waals surface area contributed by atoms with E-state index in [2.05, 4.69) is 10.6 Å². The monoisotopic (exact) mass is 386 g/mol. The van der Waals surface area contributed by atoms with Crippen molar-refractivity contribution in [2.24, 2.45) is 11.8 Å². The Hall–Kier alpha value is -2.53. The molecule has 0 saturated heterocycles. The highest BCUT2D eigenvalue weighted by atomic mass is 35.5. The third-order valence-corrected chi connectivity index (χ3v) is 5.13. The molecule has 1 aliphatic rings. The summed E-state index contributed by atoms with van der Waals surface area (Å²) in [6.45, 7) is 0.890. The summed E-state index contributed by atoms with van der Waals surface area (Å²) in [4.78, 5) is 24.5. The van der Waals surface area contributed by atoms with E-state index in [0.717, 1.165) is 16.9 Å². The van der Waals surface area contributed by atoms with E-state index in [1.807, 2.05) is 42.5 Å². The summed E-state index contributed by atoms with van der Waals surface area (Å²) < 4.78 is 5.31. The van der Waals surface area contributed by atoms with E-state index in [1.54, 1.807) is 13.2 Å². The van der Waals surface area contributed by atoms with E-state index in [-0.39, 0.29) is 23.7 Å². The van der Waals surface area contributed by atoms with Crippen molar-refractivity contribution in [2.45, 2.75) is 19.4 Å². The van der Waals surface area contributed by atoms with Gasteiger partial charge in [0.1, 0.15) is 5.75 Å². The minimum Gasteiger partial charge on any atom is -0.496 e. The van der Waals surface area contributed by atoms with E-state index in [9.17, 15) is 9.59 Å². The number of benzene rings is 2. The first-order valence-corrected chi connectivity index (χ1v) is 9.38. The van der Waals surface area contributed by atoms with Crippen molar-refractivity contribution in [1.29, 1.82) is 0 Å². The van der Waals surface area contributed by atoms with Crippen LogP contribution in [-0.2, 0) is 22.6 Å². The molecule has 5 nitrogen and oxygen atoms in total. The average molecular weight is 387 g/mol. The topological polar surface area (TPSA) is 67.4 Å². The summed E-state index contributed by atoms with van der Waals surface area (Å²) in [5.41, 5.74) is 1.91. The lowest BCUT2D eigenvalue weighted by Crippen LogP contribution is -2.31. The summed E-state index contributed by atoms with van der Waals surface area (Å²) in [5.74, 6) is 0.158. The fraction of sp³-hybridized carbons (Fsp3) is 0.333. The fourth-order valence-electron chi connectivity index (χ4n) is 3.09. The number of hydrogen-bond donors (Lipinski definition) is 2. The summed E-state index contributed by atoms with van der Waals surface area (Å²) in [6.07, 6.45) is 1.28. The third kappa shape index (κ3) is 5.01. The number of halogens is 1. The van der Waals surface area contributed by atoms with Gasteiger partial charge in [0.25, 0.3) is 0 Å². The van der Waals surface area contributed by atoms with Gasteiger partial charge in [0, 0.05) is 18.1 Å². The second-order valence-corrected chi connectivity index (χ2v) is 7.02. The Morgan fingerprint density at radius 3 is 2.33 bits per heavy atom. The lowest BCUT2D eigenvalue weighted by molar-refractivity contribution is -0.127. The van der Waals surface area contributed by atoms with Crippen LogP contribution in [0.4, 0.5) is 0 Å². The molecule has 6 heteroatoms. The van der Waals surface area contributed by atoms with Gasteiger partial charge in [0.05, 0.1) is 18.9 Å². The van der Waals surface area contributed by atoms with Gasteiger partial charge in [-0.05, 0) is 36.1 Å². The number of ether oxygens (including phenoxy) is 1. The lowest BCUT2D eigenvalue weighted by Gasteiger charge is -2.09. The second-order valence-electron chi connectivity index (χ2n) is 6.61. The van der Waals surface area contributed by atoms with Crippen LogP contribution in [0.15, 0.2) is 48.5 Å². The average Bonchev–Trinajstić information content (AvgIpc) is 3.48. The van der Waals surface area contributed by atoms with Gasteiger partial charge in [-0.15, -0.1) is 0 Å². The molecule has 27 heavy (non-hydrogen) atoms. The predicted molar refractivity (Wildman–Crippen MR) is 105 cm³/mol. The summed E-state index contributed by atoms with van der Waals surface area (Å²) in [7, 11) is 1.63. The van der Waals surface area contributed by atoms with Crippen LogP contribution in [0, 0.1) is 11.8 Å². The molecule has 0 aliphatic heterocycles. The summed E-state index contributed by atoms with van der Waals surface area (Å²) in [6, 6.07) is 15.1. The zero-order valence-corrected chi connectivity index (χ0v) is 16.0. The normalized spacial score (nSPS) is 17.9. The smallest absolute Gasteiger partial charge is 0.224 e. The molecule has 2 atom stereocenters. The van der Waals surface area contributed by atoms with E-state index >= 15 is 0 Å². The Labute approximate surface area is 164 Å². The Morgan fingerprint density at radius 2 is 1.63 bits per heavy atom. The van der Waals surface area contributed by atoms with Gasteiger partial charge in [-0.1, -0.05) is 48.0 Å². The van der Waals surface area contributed by atoms with Crippen LogP contribution in [0.2, 0.25) is 5.02 Å². The van der Waals surface area contributed by atoms with Crippen molar-refractivity contribution in [3.05, 3.63) is 64.7 Å². The molecule has 0 aromatic heterocycles. The van der Waals surface area contributed by atoms with Gasteiger partial charge in [-0.25, -0.2) is 0 Å². The van der Waals surface area contributed by atoms with Crippen molar-refractivity contribution < 1.29 is 14.3 Å². The molecule has 0 radical (unpaired) electrons. The number of carbonyl (C=O) groups excluding carboxylic acids is 2. The number of hydrogen-bond acceptors (Lipinski definition) is 3. The highest BCUT2D eigenvalue weighted by molar-refractivity contribution is 6.31. The van der Waals surface area contributed by atoms with Crippen molar-refractivity contribution in [3.63, 3.8) is 0 Å². The first kappa shape index (κ1) is 19.2. The second kappa shape index (κ2) is 8.91. The van der Waals surface area contributed by atoms with E-state index in [4.69, 9.17) is 16.3 Å². The maximum atomic E-state index is 12.2. The number of amides is 2. The lowest BCUT2D eigenvalue weighted by atomic mass is 10.1. The molecule has 1 saturated carbocycles. The molecule has 0 spiro atoms. The zero-order chi connectivity index (χ0) is 19.2. The van der Waals surface area contributed by atoms with Gasteiger partial charge in [-0.2, -0.15) is 0 Å². The third-order valence-electron chi connectivity index (χ3n) is 4.76. The van der Waals surface area contributed by atoms with Crippen molar-refractivity contribution in [3.8, 4) is 5.75 Å². The number of carbonyl (C=O) groups is 2. The first-order valence-electron chi connectivity index (χ1n) is 9.01. The number of methoxy groups -OCH3 is 1. The maximum absolute atomic E-state index is 12.2. The Kier molecular flexibility index (Phi) is 6.35. The minimum atomic E-state index is -0.251. The van der Waals surface area contributed by atoms with Gasteiger partial charge in [0.2, 0.25) is 11.8 Å². The van der Waals surface area contributed by atoms with E-state index in [1.165, 1.54) is 0 Å². The molecule has 2 unspecified atom stereocenters. The van der Waals surface area contributed by atoms with Gasteiger partial charge >= 0.3 is 0 Å². The van der Waals surface area contributed by atoms with Crippen molar-refractivity contribution in [2.75, 3.05) is 13.7 Å². The van der Waals surface area contributed by atoms with Gasteiger partial charge < -0.3 is 15.4 Å². The largest absolute Gasteiger partial charge is 0.496 e. The SMILES string of the molecule is COc1ccccc1CCNC(=O)C1CC1C(=O)NCc1ccccc1Cl. The molecule has 142 valence electrons. The fourth-order valence-corrected chi connectivity index (χ4v) is 3.29. The van der Waals surface area contributed by atoms with Crippen LogP contribution in [0.5, 0.6) is 5.75 Å². The van der Waals surface area contributed by atoms with Gasteiger partial charge in [0.15, 0.2) is 0 Å². The van der Waals surface area contributed by atoms with Crippen LogP contribution in [0.25, 0.3) is 0 Å². The Bertz CT molecular complexity index is 825. The molecule has 2 N–H and O–H groups in total. The molecule has 1 fully saturated rings. The van der Waals surface area contributed by atoms with Crippen LogP contribution in [0.3, 0.4) is 0 Å². The highest BCUT2D eigenvalue weighted by Crippen LogP contribution is 2.38. The predicted octanol–water partition coefficient (Wildman–Crippen LogP) is 2.96. The number of nitrogens with one attached hydrogen (secondary N) is 2. The molecule has 2 amide bonds. The van der Waals surface area contributed by atoms with Crippen LogP contribution in [0.1, 0.15) is 17.5 Å². The molecule has 0 heterocycles. The van der Waals surface area contributed by atoms with Crippen molar-refractivity contribution in [1.82, 2.24) is 10.6 Å².